The number of hydrogen-bond acceptors (Lipinski definition) is 5. The molecule has 24 heavy (non-hydrogen) atoms. The van der Waals surface area contributed by atoms with Gasteiger partial charge in [0.15, 0.2) is 4.34 Å². The summed E-state index contributed by atoms with van der Waals surface area (Å²) in [5.41, 5.74) is 3.50. The zero-order valence-electron chi connectivity index (χ0n) is 14.9. The van der Waals surface area contributed by atoms with Gasteiger partial charge >= 0.3 is 0 Å². The Hall–Kier alpha value is -1.10. The van der Waals surface area contributed by atoms with Gasteiger partial charge in [-0.25, -0.2) is 4.98 Å². The molecule has 4 nitrogen and oxygen atoms in total. The highest BCUT2D eigenvalue weighted by Crippen LogP contribution is 2.24. The fourth-order valence-electron chi connectivity index (χ4n) is 2.03. The van der Waals surface area contributed by atoms with E-state index in [1.54, 1.807) is 18.0 Å². The summed E-state index contributed by atoms with van der Waals surface area (Å²) in [6, 6.07) is 0. The standard InChI is InChI=1S/C17H25N3OS2Si/c1-5-6-7-8-9-11-22-17-19-20-15(21)14(10-12-24(2,3)4)13-18-16(20)23-17/h13H,5-9,11H2,1-4H3. The molecule has 0 atom stereocenters. The van der Waals surface area contributed by atoms with Crippen molar-refractivity contribution in [3.8, 4) is 11.5 Å². The van der Waals surface area contributed by atoms with Crippen LogP contribution in [0.5, 0.6) is 0 Å². The second kappa shape index (κ2) is 8.84. The van der Waals surface area contributed by atoms with Gasteiger partial charge in [-0.15, -0.1) is 10.6 Å². The van der Waals surface area contributed by atoms with Gasteiger partial charge in [0, 0.05) is 5.75 Å². The lowest BCUT2D eigenvalue weighted by molar-refractivity contribution is 0.659. The summed E-state index contributed by atoms with van der Waals surface area (Å²) in [4.78, 5) is 17.5. The highest BCUT2D eigenvalue weighted by Gasteiger charge is 2.11. The smallest absolute Gasteiger partial charge is 0.266 e. The summed E-state index contributed by atoms with van der Waals surface area (Å²) in [5, 5.41) is 4.42. The molecule has 0 aliphatic rings. The van der Waals surface area contributed by atoms with E-state index >= 15 is 0 Å². The van der Waals surface area contributed by atoms with Crippen LogP contribution in [-0.4, -0.2) is 28.4 Å². The number of hydrogen-bond donors (Lipinski definition) is 0. The Morgan fingerprint density at radius 3 is 2.71 bits per heavy atom. The van der Waals surface area contributed by atoms with Crippen LogP contribution in [0.15, 0.2) is 15.3 Å². The fourth-order valence-corrected chi connectivity index (χ4v) is 4.51. The molecule has 0 bridgehead atoms. The molecule has 0 fully saturated rings. The van der Waals surface area contributed by atoms with Crippen molar-refractivity contribution < 1.29 is 0 Å². The van der Waals surface area contributed by atoms with Crippen LogP contribution in [0, 0.1) is 11.5 Å². The van der Waals surface area contributed by atoms with Crippen LogP contribution in [-0.2, 0) is 0 Å². The summed E-state index contributed by atoms with van der Waals surface area (Å²) in [5.74, 6) is 4.04. The highest BCUT2D eigenvalue weighted by molar-refractivity contribution is 8.01. The van der Waals surface area contributed by atoms with Gasteiger partial charge in [-0.05, 0) is 6.42 Å². The first kappa shape index (κ1) is 19.2. The topological polar surface area (TPSA) is 47.3 Å². The van der Waals surface area contributed by atoms with Crippen LogP contribution in [0.2, 0.25) is 19.6 Å². The van der Waals surface area contributed by atoms with E-state index in [1.807, 2.05) is 0 Å². The monoisotopic (exact) mass is 379 g/mol. The van der Waals surface area contributed by atoms with Crippen molar-refractivity contribution in [1.29, 1.82) is 0 Å². The molecule has 0 unspecified atom stereocenters. The molecular weight excluding hydrogens is 354 g/mol. The first-order valence-electron chi connectivity index (χ1n) is 8.45. The lowest BCUT2D eigenvalue weighted by Gasteiger charge is -2.02. The van der Waals surface area contributed by atoms with Crippen molar-refractivity contribution in [2.24, 2.45) is 0 Å². The van der Waals surface area contributed by atoms with Crippen LogP contribution >= 0.6 is 23.1 Å². The zero-order chi connectivity index (χ0) is 17.6. The van der Waals surface area contributed by atoms with Crippen molar-refractivity contribution in [3.05, 3.63) is 22.1 Å². The fraction of sp³-hybridized carbons (Fsp3) is 0.588. The molecular formula is C17H25N3OS2Si. The van der Waals surface area contributed by atoms with E-state index < -0.39 is 8.07 Å². The maximum Gasteiger partial charge on any atom is 0.290 e. The molecule has 0 saturated heterocycles. The van der Waals surface area contributed by atoms with Crippen LogP contribution < -0.4 is 5.56 Å². The molecule has 7 heteroatoms. The Morgan fingerprint density at radius 1 is 1.25 bits per heavy atom. The molecule has 0 aliphatic heterocycles. The molecule has 130 valence electrons. The first-order valence-corrected chi connectivity index (χ1v) is 13.8. The zero-order valence-corrected chi connectivity index (χ0v) is 17.5. The van der Waals surface area contributed by atoms with Gasteiger partial charge < -0.3 is 0 Å². The third-order valence-electron chi connectivity index (χ3n) is 3.31. The number of nitrogens with zero attached hydrogens (tertiary/aromatic N) is 3. The van der Waals surface area contributed by atoms with E-state index in [9.17, 15) is 4.79 Å². The summed E-state index contributed by atoms with van der Waals surface area (Å²) < 4.78 is 2.31. The molecule has 2 aromatic rings. The summed E-state index contributed by atoms with van der Waals surface area (Å²) in [6.45, 7) is 8.69. The minimum absolute atomic E-state index is 0.156. The predicted octanol–water partition coefficient (Wildman–Crippen LogP) is 4.44. The summed E-state index contributed by atoms with van der Waals surface area (Å²) >= 11 is 3.19. The average Bonchev–Trinajstić information content (AvgIpc) is 2.93. The number of fused-ring (bicyclic) bond motifs is 1. The molecule has 2 heterocycles. The van der Waals surface area contributed by atoms with Gasteiger partial charge in [-0.1, -0.05) is 81.3 Å². The van der Waals surface area contributed by atoms with Crippen LogP contribution in [0.4, 0.5) is 0 Å². The minimum Gasteiger partial charge on any atom is -0.266 e. The normalized spacial score (nSPS) is 11.5. The average molecular weight is 380 g/mol. The van der Waals surface area contributed by atoms with E-state index in [1.165, 1.54) is 48.0 Å². The molecule has 0 radical (unpaired) electrons. The molecule has 0 saturated carbocycles. The third-order valence-corrected chi connectivity index (χ3v) is 6.33. The quantitative estimate of drug-likeness (QED) is 0.309. The van der Waals surface area contributed by atoms with Crippen molar-refractivity contribution in [2.75, 3.05) is 5.75 Å². The number of rotatable bonds is 7. The van der Waals surface area contributed by atoms with E-state index in [2.05, 4.69) is 48.1 Å². The molecule has 0 aliphatic carbocycles. The van der Waals surface area contributed by atoms with Gasteiger partial charge in [0.2, 0.25) is 4.96 Å². The van der Waals surface area contributed by atoms with E-state index in [4.69, 9.17) is 0 Å². The Bertz CT molecular complexity index is 796. The van der Waals surface area contributed by atoms with Crippen LogP contribution in [0.3, 0.4) is 0 Å². The maximum absolute atomic E-state index is 12.5. The lowest BCUT2D eigenvalue weighted by atomic mass is 10.2. The molecule has 0 aromatic carbocycles. The number of aromatic nitrogens is 3. The Balaban J connectivity index is 2.06. The van der Waals surface area contributed by atoms with Crippen LogP contribution in [0.1, 0.15) is 44.6 Å². The van der Waals surface area contributed by atoms with Gasteiger partial charge in [0.05, 0.1) is 6.20 Å². The Kier molecular flexibility index (Phi) is 7.08. The maximum atomic E-state index is 12.5. The largest absolute Gasteiger partial charge is 0.290 e. The second-order valence-electron chi connectivity index (χ2n) is 6.80. The van der Waals surface area contributed by atoms with Crippen molar-refractivity contribution in [2.45, 2.75) is 63.0 Å². The molecule has 0 amide bonds. The SMILES string of the molecule is CCCCCCCSc1nn2c(=O)c(C#C[Si](C)(C)C)cnc2s1. The summed E-state index contributed by atoms with van der Waals surface area (Å²) in [6.07, 6.45) is 7.92. The van der Waals surface area contributed by atoms with Crippen molar-refractivity contribution in [1.82, 2.24) is 14.6 Å². The minimum atomic E-state index is -1.52. The Morgan fingerprint density at radius 2 is 2.00 bits per heavy atom. The first-order chi connectivity index (χ1) is 11.4. The van der Waals surface area contributed by atoms with E-state index in [0.717, 1.165) is 10.1 Å². The van der Waals surface area contributed by atoms with Crippen molar-refractivity contribution >= 4 is 36.1 Å². The highest BCUT2D eigenvalue weighted by atomic mass is 32.2. The molecule has 2 rings (SSSR count). The van der Waals surface area contributed by atoms with E-state index in [0.29, 0.717) is 10.5 Å². The molecule has 2 aromatic heterocycles. The number of thioether (sulfide) groups is 1. The number of unbranched alkanes of at least 4 members (excludes halogenated alkanes) is 4. The second-order valence-corrected chi connectivity index (χ2v) is 13.9. The van der Waals surface area contributed by atoms with Gasteiger partial charge in [0.25, 0.3) is 5.56 Å². The van der Waals surface area contributed by atoms with Gasteiger partial charge in [-0.3, -0.25) is 4.79 Å². The predicted molar refractivity (Wildman–Crippen MR) is 107 cm³/mol. The lowest BCUT2D eigenvalue weighted by Crippen LogP contribution is -2.20. The van der Waals surface area contributed by atoms with Gasteiger partial charge in [0.1, 0.15) is 13.6 Å². The molecule has 0 N–H and O–H groups in total. The van der Waals surface area contributed by atoms with Gasteiger partial charge in [-0.2, -0.15) is 4.52 Å². The summed E-state index contributed by atoms with van der Waals surface area (Å²) in [7, 11) is -1.52. The van der Waals surface area contributed by atoms with Crippen molar-refractivity contribution in [3.63, 3.8) is 0 Å². The van der Waals surface area contributed by atoms with E-state index in [-0.39, 0.29) is 5.56 Å². The molecule has 0 spiro atoms. The van der Waals surface area contributed by atoms with Crippen LogP contribution in [0.25, 0.3) is 4.96 Å². The third kappa shape index (κ3) is 5.76. The Labute approximate surface area is 153 Å².